The van der Waals surface area contributed by atoms with Crippen molar-refractivity contribution in [1.82, 2.24) is 10.6 Å². The van der Waals surface area contributed by atoms with Crippen LogP contribution in [0.15, 0.2) is 96.0 Å². The normalized spacial score (nSPS) is 22.9. The van der Waals surface area contributed by atoms with E-state index in [4.69, 9.17) is 5.73 Å². The SMILES string of the molecule is NC(=O)CC1=NC(=O)[C@@]2(CC=CCC2)NC(=O)C(CC(=O)O)[C@@H](c2ccc(C(C(=O)O)C(=O)O)cc2)/C=C/C[C@@H](Cc2cccc3ccccc23)CNC1=O. The summed E-state index contributed by atoms with van der Waals surface area (Å²) >= 11 is 0. The number of hydrogen-bond acceptors (Lipinski definition) is 7. The zero-order chi connectivity index (χ0) is 39.7. The van der Waals surface area contributed by atoms with Crippen LogP contribution in [0.5, 0.6) is 0 Å². The molecule has 0 bridgehead atoms. The largest absolute Gasteiger partial charge is 0.481 e. The van der Waals surface area contributed by atoms with Gasteiger partial charge in [-0.1, -0.05) is 91.0 Å². The smallest absolute Gasteiger partial charge is 0.322 e. The fraction of sp³-hybridized carbons (Fsp3) is 0.317. The van der Waals surface area contributed by atoms with Gasteiger partial charge >= 0.3 is 17.9 Å². The molecule has 2 aliphatic rings. The summed E-state index contributed by atoms with van der Waals surface area (Å²) in [5.41, 5.74) is 4.71. The highest BCUT2D eigenvalue weighted by molar-refractivity contribution is 6.43. The molecular weight excluding hydrogens is 708 g/mol. The molecule has 1 heterocycles. The van der Waals surface area contributed by atoms with Crippen LogP contribution >= 0.6 is 0 Å². The van der Waals surface area contributed by atoms with Crippen molar-refractivity contribution in [3.63, 3.8) is 0 Å². The highest BCUT2D eigenvalue weighted by Crippen LogP contribution is 2.34. The number of rotatable bonds is 10. The van der Waals surface area contributed by atoms with Crippen molar-refractivity contribution in [2.45, 2.75) is 62.3 Å². The molecule has 14 nitrogen and oxygen atoms in total. The number of nitrogens with one attached hydrogen (secondary N) is 2. The predicted octanol–water partition coefficient (Wildman–Crippen LogP) is 3.64. The number of carbonyl (C=O) groups is 7. The summed E-state index contributed by atoms with van der Waals surface area (Å²) in [6.07, 6.45) is 6.78. The van der Waals surface area contributed by atoms with Gasteiger partial charge in [0.05, 0.1) is 18.8 Å². The van der Waals surface area contributed by atoms with Crippen LogP contribution in [0.25, 0.3) is 10.8 Å². The van der Waals surface area contributed by atoms with Gasteiger partial charge in [0, 0.05) is 12.5 Å². The first-order valence-corrected chi connectivity index (χ1v) is 17.8. The molecule has 4 atom stereocenters. The van der Waals surface area contributed by atoms with Crippen molar-refractivity contribution in [1.29, 1.82) is 0 Å². The van der Waals surface area contributed by atoms with E-state index < -0.39 is 83.4 Å². The van der Waals surface area contributed by atoms with Crippen molar-refractivity contribution >= 4 is 58.0 Å². The minimum Gasteiger partial charge on any atom is -0.481 e. The van der Waals surface area contributed by atoms with Crippen LogP contribution in [0.2, 0.25) is 0 Å². The van der Waals surface area contributed by atoms with Crippen LogP contribution in [0.1, 0.15) is 67.1 Å². The van der Waals surface area contributed by atoms with Crippen molar-refractivity contribution in [3.8, 4) is 0 Å². The molecule has 4 amide bonds. The van der Waals surface area contributed by atoms with Gasteiger partial charge in [0.15, 0.2) is 5.92 Å². The quantitative estimate of drug-likeness (QED) is 0.130. The number of nitrogens with zero attached hydrogens (tertiary/aromatic N) is 1. The Balaban J connectivity index is 1.63. The molecule has 0 saturated heterocycles. The molecule has 3 aromatic rings. The van der Waals surface area contributed by atoms with Gasteiger partial charge < -0.3 is 31.7 Å². The molecular formula is C41H42N4O10. The number of fused-ring (bicyclic) bond motifs is 1. The molecule has 3 aromatic carbocycles. The number of hydrogen-bond donors (Lipinski definition) is 6. The summed E-state index contributed by atoms with van der Waals surface area (Å²) in [6, 6.07) is 19.2. The number of aliphatic imine (C=N–C) groups is 1. The third-order valence-corrected chi connectivity index (χ3v) is 10.0. The van der Waals surface area contributed by atoms with Crippen LogP contribution in [0.4, 0.5) is 0 Å². The van der Waals surface area contributed by atoms with Gasteiger partial charge in [-0.25, -0.2) is 4.99 Å². The lowest BCUT2D eigenvalue weighted by atomic mass is 9.79. The van der Waals surface area contributed by atoms with E-state index in [1.807, 2.05) is 42.5 Å². The van der Waals surface area contributed by atoms with Gasteiger partial charge in [0.25, 0.3) is 11.8 Å². The number of carboxylic acids is 3. The molecule has 5 rings (SSSR count). The van der Waals surface area contributed by atoms with Crippen LogP contribution in [-0.4, -0.2) is 74.7 Å². The number of primary amides is 1. The van der Waals surface area contributed by atoms with E-state index in [1.165, 1.54) is 24.3 Å². The van der Waals surface area contributed by atoms with Gasteiger partial charge in [0.1, 0.15) is 11.3 Å². The Bertz CT molecular complexity index is 2070. The third-order valence-electron chi connectivity index (χ3n) is 10.0. The Morgan fingerprint density at radius 3 is 2.25 bits per heavy atom. The summed E-state index contributed by atoms with van der Waals surface area (Å²) in [5.74, 6) is -12.2. The second-order valence-electron chi connectivity index (χ2n) is 13.9. The first-order valence-electron chi connectivity index (χ1n) is 17.8. The summed E-state index contributed by atoms with van der Waals surface area (Å²) in [7, 11) is 0. The Kier molecular flexibility index (Phi) is 12.7. The van der Waals surface area contributed by atoms with E-state index in [-0.39, 0.29) is 30.9 Å². The van der Waals surface area contributed by atoms with Gasteiger partial charge in [-0.3, -0.25) is 33.6 Å². The Morgan fingerprint density at radius 1 is 0.891 bits per heavy atom. The maximum atomic E-state index is 14.4. The molecule has 0 fully saturated rings. The number of carbonyl (C=O) groups excluding carboxylic acids is 4. The number of amides is 4. The summed E-state index contributed by atoms with van der Waals surface area (Å²) < 4.78 is 0. The molecule has 1 unspecified atom stereocenters. The van der Waals surface area contributed by atoms with Crippen LogP contribution in [-0.2, 0) is 40.0 Å². The van der Waals surface area contributed by atoms with Crippen molar-refractivity contribution in [3.05, 3.63) is 108 Å². The van der Waals surface area contributed by atoms with Crippen molar-refractivity contribution in [2.24, 2.45) is 22.6 Å². The van der Waals surface area contributed by atoms with E-state index in [0.717, 1.165) is 16.3 Å². The van der Waals surface area contributed by atoms with Crippen molar-refractivity contribution in [2.75, 3.05) is 6.54 Å². The summed E-state index contributed by atoms with van der Waals surface area (Å²) in [4.78, 5) is 94.0. The average molecular weight is 751 g/mol. The van der Waals surface area contributed by atoms with Crippen LogP contribution in [0, 0.1) is 11.8 Å². The van der Waals surface area contributed by atoms with E-state index in [2.05, 4.69) is 15.6 Å². The molecule has 1 aliphatic heterocycles. The predicted molar refractivity (Wildman–Crippen MR) is 201 cm³/mol. The summed E-state index contributed by atoms with van der Waals surface area (Å²) in [5, 5.41) is 36.7. The molecule has 286 valence electrons. The van der Waals surface area contributed by atoms with Crippen LogP contribution < -0.4 is 16.4 Å². The van der Waals surface area contributed by atoms with Crippen LogP contribution in [0.3, 0.4) is 0 Å². The summed E-state index contributed by atoms with van der Waals surface area (Å²) in [6.45, 7) is 0.0765. The Hall–Kier alpha value is -6.44. The van der Waals surface area contributed by atoms with E-state index in [1.54, 1.807) is 24.3 Å². The average Bonchev–Trinajstić information content (AvgIpc) is 3.14. The van der Waals surface area contributed by atoms with Crippen molar-refractivity contribution < 1.29 is 48.9 Å². The first-order chi connectivity index (χ1) is 26.3. The monoisotopic (exact) mass is 750 g/mol. The zero-order valence-electron chi connectivity index (χ0n) is 29.9. The van der Waals surface area contributed by atoms with Gasteiger partial charge in [0.2, 0.25) is 11.8 Å². The second-order valence-corrected chi connectivity index (χ2v) is 13.9. The minimum absolute atomic E-state index is 0.0274. The molecule has 0 saturated carbocycles. The lowest BCUT2D eigenvalue weighted by molar-refractivity contribution is -0.150. The lowest BCUT2D eigenvalue weighted by Crippen LogP contribution is -2.56. The van der Waals surface area contributed by atoms with E-state index in [0.29, 0.717) is 24.8 Å². The van der Waals surface area contributed by atoms with Gasteiger partial charge in [-0.05, 0) is 65.5 Å². The molecule has 55 heavy (non-hydrogen) atoms. The van der Waals surface area contributed by atoms with Gasteiger partial charge in [-0.2, -0.15) is 0 Å². The standard InChI is InChI=1S/C41H42N4O10/c42-33(46)22-32-37(50)43-23-24(20-28-11-7-10-25-9-2-3-12-29(25)28)8-6-13-30(26-14-16-27(17-15-26)35(38(51)52)39(53)54)31(21-34(47)48)36(49)45-41(40(55)44-32)18-4-1-5-19-41/h1-4,6-7,9-17,24,30-31,35H,5,8,18-23H2,(H2,42,46)(H,43,50)(H,45,49)(H,47,48)(H,51,52)(H,53,54)/b13-6+,44-32?/t24-,30+,31?,41-/m0/s1. The molecule has 1 aliphatic carbocycles. The van der Waals surface area contributed by atoms with E-state index >= 15 is 0 Å². The Labute approximate surface area is 316 Å². The number of aliphatic carboxylic acids is 3. The number of allylic oxidation sites excluding steroid dienone is 3. The van der Waals surface area contributed by atoms with Gasteiger partial charge in [-0.15, -0.1) is 0 Å². The topological polar surface area (TPSA) is 243 Å². The molecule has 0 radical (unpaired) electrons. The minimum atomic E-state index is -1.86. The maximum absolute atomic E-state index is 14.4. The molecule has 0 aromatic heterocycles. The van der Waals surface area contributed by atoms with E-state index in [9.17, 15) is 48.9 Å². The zero-order valence-corrected chi connectivity index (χ0v) is 29.9. The highest BCUT2D eigenvalue weighted by atomic mass is 16.4. The number of benzene rings is 3. The number of nitrogens with two attached hydrogens (primary N) is 1. The second kappa shape index (κ2) is 17.6. The molecule has 1 spiro atoms. The molecule has 14 heteroatoms. The first kappa shape index (κ1) is 39.8. The molecule has 7 N–H and O–H groups in total. The maximum Gasteiger partial charge on any atom is 0.322 e. The fourth-order valence-electron chi connectivity index (χ4n) is 7.22. The third kappa shape index (κ3) is 9.76. The highest BCUT2D eigenvalue weighted by Gasteiger charge is 2.43. The number of carboxylic acid groups (broad SMARTS) is 3. The lowest BCUT2D eigenvalue weighted by Gasteiger charge is -2.35. The Morgan fingerprint density at radius 2 is 1.60 bits per heavy atom. The fourth-order valence-corrected chi connectivity index (χ4v) is 7.22.